The normalized spacial score (nSPS) is 10.2. The molecule has 0 radical (unpaired) electrons. The van der Waals surface area contributed by atoms with E-state index in [-0.39, 0.29) is 17.0 Å². The van der Waals surface area contributed by atoms with Gasteiger partial charge in [0, 0.05) is 19.1 Å². The third-order valence-electron chi connectivity index (χ3n) is 2.58. The number of aromatic nitrogens is 1. The zero-order valence-corrected chi connectivity index (χ0v) is 11.5. The summed E-state index contributed by atoms with van der Waals surface area (Å²) >= 11 is 0. The highest BCUT2D eigenvalue weighted by Crippen LogP contribution is 2.00. The van der Waals surface area contributed by atoms with Crippen LogP contribution >= 0.6 is 0 Å². The first-order valence-corrected chi connectivity index (χ1v) is 5.53. The number of allylic oxidation sites excluding steroid dienone is 1. The number of halogens is 1. The van der Waals surface area contributed by atoms with E-state index in [0.717, 1.165) is 6.54 Å². The second kappa shape index (κ2) is 7.02. The van der Waals surface area contributed by atoms with Crippen molar-refractivity contribution in [2.75, 3.05) is 0 Å². The van der Waals surface area contributed by atoms with E-state index in [2.05, 4.69) is 72.3 Å². The van der Waals surface area contributed by atoms with Gasteiger partial charge in [-0.25, -0.2) is 0 Å². The largest absolute Gasteiger partial charge is 1.00 e. The van der Waals surface area contributed by atoms with Crippen LogP contribution in [0.15, 0.2) is 60.8 Å². The van der Waals surface area contributed by atoms with E-state index in [1.165, 1.54) is 11.3 Å². The Kier molecular flexibility index (Phi) is 5.64. The highest BCUT2D eigenvalue weighted by molar-refractivity contribution is 5.48. The van der Waals surface area contributed by atoms with Crippen LogP contribution in [0.5, 0.6) is 0 Å². The molecule has 0 saturated heterocycles. The zero-order valence-electron chi connectivity index (χ0n) is 9.88. The van der Waals surface area contributed by atoms with Gasteiger partial charge in [0.2, 0.25) is 0 Å². The molecule has 0 fully saturated rings. The fourth-order valence-corrected chi connectivity index (χ4v) is 1.63. The molecule has 1 aromatic heterocycles. The van der Waals surface area contributed by atoms with Crippen molar-refractivity contribution in [2.24, 2.45) is 0 Å². The number of benzene rings is 1. The van der Waals surface area contributed by atoms with Crippen LogP contribution in [-0.4, -0.2) is 0 Å². The molecule has 2 aromatic rings. The van der Waals surface area contributed by atoms with Crippen LogP contribution in [0.1, 0.15) is 11.3 Å². The summed E-state index contributed by atoms with van der Waals surface area (Å²) in [5.41, 5.74) is 2.52. The smallest absolute Gasteiger partial charge is 0.178 e. The highest BCUT2D eigenvalue weighted by atomic mass is 79.9. The van der Waals surface area contributed by atoms with Crippen molar-refractivity contribution in [3.8, 4) is 0 Å². The van der Waals surface area contributed by atoms with Crippen LogP contribution in [-0.2, 0) is 6.54 Å². The van der Waals surface area contributed by atoms with Crippen molar-refractivity contribution >= 4 is 6.08 Å². The molecule has 1 nitrogen and oxygen atoms in total. The zero-order chi connectivity index (χ0) is 11.2. The fraction of sp³-hybridized carbons (Fsp3) is 0.133. The minimum Gasteiger partial charge on any atom is -1.00 e. The van der Waals surface area contributed by atoms with Crippen molar-refractivity contribution in [3.63, 3.8) is 0 Å². The predicted molar refractivity (Wildman–Crippen MR) is 66.9 cm³/mol. The van der Waals surface area contributed by atoms with Gasteiger partial charge in [0.15, 0.2) is 18.4 Å². The summed E-state index contributed by atoms with van der Waals surface area (Å²) in [5, 5.41) is 0. The fourth-order valence-electron chi connectivity index (χ4n) is 1.63. The molecule has 2 rings (SSSR count). The van der Waals surface area contributed by atoms with Gasteiger partial charge in [-0.1, -0.05) is 42.5 Å². The second-order valence-corrected chi connectivity index (χ2v) is 3.81. The van der Waals surface area contributed by atoms with Crippen molar-refractivity contribution in [1.82, 2.24) is 0 Å². The molecule has 0 aliphatic heterocycles. The predicted octanol–water partition coefficient (Wildman–Crippen LogP) is -0.0000800. The first kappa shape index (κ1) is 13.7. The number of rotatable bonds is 3. The molecule has 17 heavy (non-hydrogen) atoms. The average molecular weight is 290 g/mol. The van der Waals surface area contributed by atoms with E-state index in [4.69, 9.17) is 0 Å². The van der Waals surface area contributed by atoms with Gasteiger partial charge in [0.25, 0.3) is 0 Å². The number of nitrogens with zero attached hydrogens (tertiary/aromatic N) is 1. The Morgan fingerprint density at radius 3 is 2.41 bits per heavy atom. The molecule has 0 saturated carbocycles. The molecule has 1 heterocycles. The minimum absolute atomic E-state index is 0. The summed E-state index contributed by atoms with van der Waals surface area (Å²) in [7, 11) is 0. The molecule has 88 valence electrons. The number of pyridine rings is 1. The van der Waals surface area contributed by atoms with E-state index in [9.17, 15) is 0 Å². The van der Waals surface area contributed by atoms with Crippen molar-refractivity contribution in [2.45, 2.75) is 13.5 Å². The van der Waals surface area contributed by atoms with E-state index in [1.54, 1.807) is 0 Å². The molecule has 0 aliphatic rings. The lowest BCUT2D eigenvalue weighted by Gasteiger charge is -1.95. The van der Waals surface area contributed by atoms with Crippen LogP contribution in [0, 0.1) is 6.92 Å². The number of hydrogen-bond acceptors (Lipinski definition) is 0. The molecule has 0 amide bonds. The Morgan fingerprint density at radius 2 is 1.71 bits per heavy atom. The van der Waals surface area contributed by atoms with E-state index in [1.807, 2.05) is 6.07 Å². The number of hydrogen-bond donors (Lipinski definition) is 0. The Hall–Kier alpha value is -1.41. The molecule has 2 heteroatoms. The standard InChI is InChI=1S/C15H16N.BrH/c1-14-8-5-6-12-16(14)13-7-11-15-9-3-2-4-10-15;/h2-12H,13H2,1H3;1H/q+1;/p-1/b11-7-;. The molecule has 0 bridgehead atoms. The second-order valence-electron chi connectivity index (χ2n) is 3.81. The maximum atomic E-state index is 2.22. The molecule has 0 unspecified atom stereocenters. The Bertz CT molecular complexity index is 477. The van der Waals surface area contributed by atoms with Gasteiger partial charge in [-0.3, -0.25) is 0 Å². The van der Waals surface area contributed by atoms with Gasteiger partial charge in [-0.2, -0.15) is 4.57 Å². The minimum atomic E-state index is 0. The summed E-state index contributed by atoms with van der Waals surface area (Å²) in [6.07, 6.45) is 6.44. The SMILES string of the molecule is Cc1cccc[n+]1C/C=C\c1ccccc1.[Br-]. The topological polar surface area (TPSA) is 3.88 Å². The Balaban J connectivity index is 0.00000144. The van der Waals surface area contributed by atoms with Gasteiger partial charge >= 0.3 is 0 Å². The van der Waals surface area contributed by atoms with Crippen LogP contribution in [0.3, 0.4) is 0 Å². The van der Waals surface area contributed by atoms with Crippen LogP contribution < -0.4 is 21.5 Å². The molecular formula is C15H16BrN. The lowest BCUT2D eigenvalue weighted by Crippen LogP contribution is -3.00. The quantitative estimate of drug-likeness (QED) is 0.701. The summed E-state index contributed by atoms with van der Waals surface area (Å²) < 4.78 is 2.22. The molecule has 1 aromatic carbocycles. The Morgan fingerprint density at radius 1 is 1.00 bits per heavy atom. The van der Waals surface area contributed by atoms with Gasteiger partial charge in [-0.15, -0.1) is 0 Å². The monoisotopic (exact) mass is 289 g/mol. The Labute approximate surface area is 113 Å². The van der Waals surface area contributed by atoms with Crippen LogP contribution in [0.2, 0.25) is 0 Å². The third kappa shape index (κ3) is 4.16. The summed E-state index contributed by atoms with van der Waals surface area (Å²) in [6.45, 7) is 3.04. The molecule has 0 aliphatic carbocycles. The van der Waals surface area contributed by atoms with Gasteiger partial charge < -0.3 is 17.0 Å². The first-order chi connectivity index (χ1) is 7.86. The van der Waals surface area contributed by atoms with Gasteiger partial charge in [0.05, 0.1) is 0 Å². The van der Waals surface area contributed by atoms with Crippen molar-refractivity contribution < 1.29 is 21.5 Å². The molecular weight excluding hydrogens is 274 g/mol. The van der Waals surface area contributed by atoms with Crippen molar-refractivity contribution in [3.05, 3.63) is 72.1 Å². The third-order valence-corrected chi connectivity index (χ3v) is 2.58. The first-order valence-electron chi connectivity index (χ1n) is 5.53. The summed E-state index contributed by atoms with van der Waals surface area (Å²) in [4.78, 5) is 0. The highest BCUT2D eigenvalue weighted by Gasteiger charge is 1.99. The molecule has 0 spiro atoms. The van der Waals surface area contributed by atoms with E-state index >= 15 is 0 Å². The summed E-state index contributed by atoms with van der Waals surface area (Å²) in [5.74, 6) is 0. The van der Waals surface area contributed by atoms with Crippen LogP contribution in [0.25, 0.3) is 6.08 Å². The molecule has 0 N–H and O–H groups in total. The maximum Gasteiger partial charge on any atom is 0.178 e. The maximum absolute atomic E-state index is 2.22. The summed E-state index contributed by atoms with van der Waals surface area (Å²) in [6, 6.07) is 16.6. The molecule has 0 atom stereocenters. The lowest BCUT2D eigenvalue weighted by molar-refractivity contribution is -0.692. The lowest BCUT2D eigenvalue weighted by atomic mass is 10.2. The van der Waals surface area contributed by atoms with E-state index in [0.29, 0.717) is 0 Å². The number of aryl methyl sites for hydroxylation is 1. The van der Waals surface area contributed by atoms with Gasteiger partial charge in [0.1, 0.15) is 0 Å². The van der Waals surface area contributed by atoms with E-state index < -0.39 is 0 Å². The van der Waals surface area contributed by atoms with Crippen molar-refractivity contribution in [1.29, 1.82) is 0 Å². The van der Waals surface area contributed by atoms with Crippen LogP contribution in [0.4, 0.5) is 0 Å². The van der Waals surface area contributed by atoms with Gasteiger partial charge in [-0.05, 0) is 11.6 Å². The average Bonchev–Trinajstić information content (AvgIpc) is 2.33.